The molecule has 1 heterocycles. The van der Waals surface area contributed by atoms with Crippen molar-refractivity contribution in [2.45, 2.75) is 12.1 Å². The fourth-order valence-corrected chi connectivity index (χ4v) is 1.35. The maximum Gasteiger partial charge on any atom is 0.246 e. The maximum absolute atomic E-state index is 11.1. The zero-order chi connectivity index (χ0) is 9.14. The number of nitrogens with one attached hydrogen (secondary N) is 1. The number of rotatable bonds is 2. The Morgan fingerprint density at radius 3 is 2.83 bits per heavy atom. The van der Waals surface area contributed by atoms with Gasteiger partial charge in [0.25, 0.3) is 0 Å². The minimum atomic E-state index is -0.459. The summed E-state index contributed by atoms with van der Waals surface area (Å²) >= 11 is 0. The molecule has 4 heteroatoms. The molecule has 0 saturated carbocycles. The highest BCUT2D eigenvalue weighted by atomic mass is 16.3. The number of hydrogen-bond acceptors (Lipinski definition) is 3. The molecule has 0 unspecified atom stereocenters. The molecule has 68 valence electrons. The Morgan fingerprint density at radius 2 is 2.42 bits per heavy atom. The molecule has 1 aliphatic rings. The molecule has 0 aromatic rings. The van der Waals surface area contributed by atoms with E-state index in [1.165, 1.54) is 11.0 Å². The van der Waals surface area contributed by atoms with Crippen LogP contribution in [0.4, 0.5) is 0 Å². The van der Waals surface area contributed by atoms with Crippen molar-refractivity contribution in [3.05, 3.63) is 12.7 Å². The Hall–Kier alpha value is -0.870. The molecule has 2 atom stereocenters. The number of carbonyl (C=O) groups excluding carboxylic acids is 1. The van der Waals surface area contributed by atoms with E-state index < -0.39 is 6.10 Å². The van der Waals surface area contributed by atoms with Crippen LogP contribution in [0.15, 0.2) is 12.7 Å². The molecule has 2 N–H and O–H groups in total. The number of carbonyl (C=O) groups is 1. The minimum Gasteiger partial charge on any atom is -0.390 e. The van der Waals surface area contributed by atoms with Crippen molar-refractivity contribution in [2.24, 2.45) is 0 Å². The first-order chi connectivity index (χ1) is 5.66. The van der Waals surface area contributed by atoms with Crippen molar-refractivity contribution in [3.63, 3.8) is 0 Å². The number of amides is 1. The number of aliphatic hydroxyl groups is 1. The first kappa shape index (κ1) is 9.22. The van der Waals surface area contributed by atoms with Crippen molar-refractivity contribution < 1.29 is 9.90 Å². The van der Waals surface area contributed by atoms with Crippen LogP contribution in [0.1, 0.15) is 0 Å². The van der Waals surface area contributed by atoms with E-state index in [4.69, 9.17) is 0 Å². The highest BCUT2D eigenvalue weighted by Crippen LogP contribution is 2.07. The monoisotopic (exact) mass is 170 g/mol. The molecule has 1 amide bonds. The van der Waals surface area contributed by atoms with Gasteiger partial charge in [0.05, 0.1) is 12.1 Å². The molecule has 4 nitrogen and oxygen atoms in total. The number of likely N-dealkylation sites (N-methyl/N-ethyl adjacent to an activating group) is 1. The van der Waals surface area contributed by atoms with Gasteiger partial charge in [-0.3, -0.25) is 4.79 Å². The molecule has 1 fully saturated rings. The molecular formula is C8H14N2O2. The standard InChI is InChI=1S/C8H14N2O2/c1-3-8(12)10(2)6-4-9-5-7(6)11/h3,6-7,9,11H,1,4-5H2,2H3/t6-,7-/m0/s1. The summed E-state index contributed by atoms with van der Waals surface area (Å²) < 4.78 is 0. The van der Waals surface area contributed by atoms with Crippen LogP contribution in [-0.2, 0) is 4.79 Å². The Labute approximate surface area is 71.9 Å². The molecule has 0 aromatic carbocycles. The number of β-amino-alcohol motifs (C(OH)–C–C–N with tert-alkyl or cyclic N) is 1. The van der Waals surface area contributed by atoms with Crippen molar-refractivity contribution >= 4 is 5.91 Å². The summed E-state index contributed by atoms with van der Waals surface area (Å²) in [5, 5.41) is 12.4. The predicted octanol–water partition coefficient (Wildman–Crippen LogP) is -1.04. The molecule has 1 saturated heterocycles. The van der Waals surface area contributed by atoms with Crippen molar-refractivity contribution in [1.29, 1.82) is 0 Å². The van der Waals surface area contributed by atoms with Crippen LogP contribution < -0.4 is 5.32 Å². The second-order valence-corrected chi connectivity index (χ2v) is 2.95. The molecule has 1 aliphatic heterocycles. The van der Waals surface area contributed by atoms with Crippen molar-refractivity contribution in [2.75, 3.05) is 20.1 Å². The van der Waals surface area contributed by atoms with Gasteiger partial charge in [0.2, 0.25) is 5.91 Å². The predicted molar refractivity (Wildman–Crippen MR) is 45.6 cm³/mol. The summed E-state index contributed by atoms with van der Waals surface area (Å²) in [4.78, 5) is 12.6. The van der Waals surface area contributed by atoms with Gasteiger partial charge >= 0.3 is 0 Å². The molecule has 0 aromatic heterocycles. The topological polar surface area (TPSA) is 52.6 Å². The molecule has 1 rings (SSSR count). The fourth-order valence-electron chi connectivity index (χ4n) is 1.35. The minimum absolute atomic E-state index is 0.115. The van der Waals surface area contributed by atoms with E-state index in [9.17, 15) is 9.90 Å². The molecule has 0 radical (unpaired) electrons. The van der Waals surface area contributed by atoms with Crippen LogP contribution in [0, 0.1) is 0 Å². The molecule has 0 bridgehead atoms. The van der Waals surface area contributed by atoms with Gasteiger partial charge in [0.1, 0.15) is 0 Å². The van der Waals surface area contributed by atoms with Gasteiger partial charge in [-0.15, -0.1) is 0 Å². The third-order valence-electron chi connectivity index (χ3n) is 2.17. The Balaban J connectivity index is 2.56. The van der Waals surface area contributed by atoms with Crippen LogP contribution in [0.3, 0.4) is 0 Å². The van der Waals surface area contributed by atoms with Crippen LogP contribution in [0.2, 0.25) is 0 Å². The Bertz CT molecular complexity index is 193. The lowest BCUT2D eigenvalue weighted by molar-refractivity contribution is -0.128. The summed E-state index contributed by atoms with van der Waals surface area (Å²) in [7, 11) is 1.67. The summed E-state index contributed by atoms with van der Waals surface area (Å²) in [6, 6.07) is -0.115. The second kappa shape index (κ2) is 3.69. The Kier molecular flexibility index (Phi) is 2.83. The average molecular weight is 170 g/mol. The van der Waals surface area contributed by atoms with E-state index in [1.807, 2.05) is 0 Å². The first-order valence-electron chi connectivity index (χ1n) is 3.95. The van der Waals surface area contributed by atoms with Gasteiger partial charge in [0, 0.05) is 20.1 Å². The molecule has 0 aliphatic carbocycles. The lowest BCUT2D eigenvalue weighted by Gasteiger charge is -2.24. The highest BCUT2D eigenvalue weighted by Gasteiger charge is 2.29. The summed E-state index contributed by atoms with van der Waals surface area (Å²) in [5.41, 5.74) is 0. The smallest absolute Gasteiger partial charge is 0.246 e. The van der Waals surface area contributed by atoms with E-state index in [-0.39, 0.29) is 11.9 Å². The number of hydrogen-bond donors (Lipinski definition) is 2. The zero-order valence-corrected chi connectivity index (χ0v) is 7.16. The second-order valence-electron chi connectivity index (χ2n) is 2.95. The van der Waals surface area contributed by atoms with Gasteiger partial charge in [-0.05, 0) is 6.08 Å². The third-order valence-corrected chi connectivity index (χ3v) is 2.17. The largest absolute Gasteiger partial charge is 0.390 e. The zero-order valence-electron chi connectivity index (χ0n) is 7.16. The SMILES string of the molecule is C=CC(=O)N(C)[C@H]1CNC[C@@H]1O. The van der Waals surface area contributed by atoms with Gasteiger partial charge in [-0.25, -0.2) is 0 Å². The van der Waals surface area contributed by atoms with Gasteiger partial charge in [-0.1, -0.05) is 6.58 Å². The maximum atomic E-state index is 11.1. The van der Waals surface area contributed by atoms with Crippen molar-refractivity contribution in [1.82, 2.24) is 10.2 Å². The van der Waals surface area contributed by atoms with E-state index in [0.717, 1.165) is 0 Å². The van der Waals surface area contributed by atoms with Gasteiger partial charge in [0.15, 0.2) is 0 Å². The first-order valence-corrected chi connectivity index (χ1v) is 3.95. The van der Waals surface area contributed by atoms with Crippen molar-refractivity contribution in [3.8, 4) is 0 Å². The molecular weight excluding hydrogens is 156 g/mol. The summed E-state index contributed by atoms with van der Waals surface area (Å²) in [6.45, 7) is 4.59. The number of aliphatic hydroxyl groups excluding tert-OH is 1. The average Bonchev–Trinajstić information content (AvgIpc) is 2.48. The fraction of sp³-hybridized carbons (Fsp3) is 0.625. The van der Waals surface area contributed by atoms with Crippen LogP contribution >= 0.6 is 0 Å². The summed E-state index contributed by atoms with van der Waals surface area (Å²) in [5.74, 6) is -0.150. The number of nitrogens with zero attached hydrogens (tertiary/aromatic N) is 1. The van der Waals surface area contributed by atoms with Gasteiger partial charge in [-0.2, -0.15) is 0 Å². The van der Waals surface area contributed by atoms with E-state index in [2.05, 4.69) is 11.9 Å². The summed E-state index contributed by atoms with van der Waals surface area (Å²) in [6.07, 6.45) is 0.796. The lowest BCUT2D eigenvalue weighted by atomic mass is 10.2. The van der Waals surface area contributed by atoms with Crippen LogP contribution in [-0.4, -0.2) is 48.2 Å². The normalized spacial score (nSPS) is 28.5. The van der Waals surface area contributed by atoms with Crippen LogP contribution in [0.5, 0.6) is 0 Å². The van der Waals surface area contributed by atoms with Crippen LogP contribution in [0.25, 0.3) is 0 Å². The van der Waals surface area contributed by atoms with E-state index in [1.54, 1.807) is 7.05 Å². The molecule has 0 spiro atoms. The van der Waals surface area contributed by atoms with Gasteiger partial charge < -0.3 is 15.3 Å². The van der Waals surface area contributed by atoms with E-state index >= 15 is 0 Å². The quantitative estimate of drug-likeness (QED) is 0.521. The highest BCUT2D eigenvalue weighted by molar-refractivity contribution is 5.87. The Morgan fingerprint density at radius 1 is 1.75 bits per heavy atom. The molecule has 12 heavy (non-hydrogen) atoms. The lowest BCUT2D eigenvalue weighted by Crippen LogP contribution is -2.43. The third kappa shape index (κ3) is 1.65. The van der Waals surface area contributed by atoms with E-state index in [0.29, 0.717) is 13.1 Å².